The average Bonchev–Trinajstić information content (AvgIpc) is 3.35. The second-order valence-corrected chi connectivity index (χ2v) is 11.0. The number of nitrogens with zero attached hydrogens (tertiary/aromatic N) is 1. The van der Waals surface area contributed by atoms with Crippen LogP contribution in [0.25, 0.3) is 11.1 Å². The summed E-state index contributed by atoms with van der Waals surface area (Å²) in [7, 11) is -4.06. The van der Waals surface area contributed by atoms with E-state index in [1.807, 2.05) is 0 Å². The Morgan fingerprint density at radius 2 is 1.63 bits per heavy atom. The van der Waals surface area contributed by atoms with Crippen molar-refractivity contribution in [2.75, 3.05) is 12.3 Å². The molecule has 0 aliphatic carbocycles. The third-order valence-corrected chi connectivity index (χ3v) is 9.01. The maximum Gasteiger partial charge on any atom is 0.249 e. The number of halogens is 3. The third kappa shape index (κ3) is 5.10. The molecule has 0 radical (unpaired) electrons. The number of carbonyl (C=O) groups excluding carboxylic acids is 1. The molecule has 1 aliphatic rings. The Bertz CT molecular complexity index is 1310. The number of rotatable bonds is 7. The molecule has 0 spiro atoms. The minimum Gasteiger partial charge on any atom is -0.347 e. The fourth-order valence-corrected chi connectivity index (χ4v) is 7.09. The number of sulfonamides is 1. The summed E-state index contributed by atoms with van der Waals surface area (Å²) >= 11 is 1.14. The van der Waals surface area contributed by atoms with Gasteiger partial charge >= 0.3 is 0 Å². The Kier molecular flexibility index (Phi) is 7.53. The molecular weight excluding hydrogens is 497 g/mol. The number of hydrogen-bond acceptors (Lipinski definition) is 4. The van der Waals surface area contributed by atoms with Gasteiger partial charge in [-0.3, -0.25) is 4.79 Å². The van der Waals surface area contributed by atoms with Gasteiger partial charge in [-0.05, 0) is 42.3 Å². The van der Waals surface area contributed by atoms with Gasteiger partial charge in [-0.25, -0.2) is 21.6 Å². The number of benzene rings is 3. The van der Waals surface area contributed by atoms with Gasteiger partial charge in [0.2, 0.25) is 15.9 Å². The van der Waals surface area contributed by atoms with Crippen molar-refractivity contribution in [3.05, 3.63) is 89.7 Å². The van der Waals surface area contributed by atoms with E-state index >= 15 is 0 Å². The molecule has 4 rings (SSSR count). The van der Waals surface area contributed by atoms with E-state index in [0.717, 1.165) is 28.2 Å². The Morgan fingerprint density at radius 1 is 1.00 bits per heavy atom. The molecule has 0 aromatic heterocycles. The van der Waals surface area contributed by atoms with Gasteiger partial charge in [0.15, 0.2) is 0 Å². The first kappa shape index (κ1) is 25.3. The van der Waals surface area contributed by atoms with Crippen molar-refractivity contribution >= 4 is 27.7 Å². The van der Waals surface area contributed by atoms with Gasteiger partial charge in [0, 0.05) is 23.4 Å². The summed E-state index contributed by atoms with van der Waals surface area (Å²) in [6.07, 6.45) is 0.214. The zero-order valence-corrected chi connectivity index (χ0v) is 20.4. The second-order valence-electron chi connectivity index (χ2n) is 7.95. The predicted octanol–water partition coefficient (Wildman–Crippen LogP) is 5.10. The van der Waals surface area contributed by atoms with Crippen molar-refractivity contribution in [2.24, 2.45) is 0 Å². The third-order valence-electron chi connectivity index (χ3n) is 5.79. The van der Waals surface area contributed by atoms with E-state index in [1.165, 1.54) is 36.4 Å². The number of carbonyl (C=O) groups is 1. The van der Waals surface area contributed by atoms with Gasteiger partial charge in [-0.1, -0.05) is 43.3 Å². The maximum absolute atomic E-state index is 14.3. The number of nitrogens with one attached hydrogen (secondary N) is 1. The number of amides is 1. The molecule has 184 valence electrons. The highest BCUT2D eigenvalue weighted by Gasteiger charge is 2.41. The van der Waals surface area contributed by atoms with Gasteiger partial charge in [-0.2, -0.15) is 4.31 Å². The van der Waals surface area contributed by atoms with E-state index < -0.39 is 44.8 Å². The van der Waals surface area contributed by atoms with Gasteiger partial charge in [0.25, 0.3) is 0 Å². The average molecular weight is 521 g/mol. The van der Waals surface area contributed by atoms with Crippen molar-refractivity contribution in [3.8, 4) is 11.1 Å². The molecule has 35 heavy (non-hydrogen) atoms. The van der Waals surface area contributed by atoms with Crippen LogP contribution in [0.4, 0.5) is 13.2 Å². The van der Waals surface area contributed by atoms with Crippen LogP contribution < -0.4 is 5.32 Å². The molecule has 0 bridgehead atoms. The van der Waals surface area contributed by atoms with E-state index in [1.54, 1.807) is 25.1 Å². The molecular formula is C25H23F3N2O3S2. The van der Waals surface area contributed by atoms with E-state index in [9.17, 15) is 26.4 Å². The first-order chi connectivity index (χ1) is 16.7. The lowest BCUT2D eigenvalue weighted by molar-refractivity contribution is -0.122. The smallest absolute Gasteiger partial charge is 0.249 e. The Hall–Kier alpha value is -2.82. The van der Waals surface area contributed by atoms with Crippen LogP contribution in [0.15, 0.2) is 71.6 Å². The molecule has 0 saturated carbocycles. The first-order valence-corrected chi connectivity index (χ1v) is 13.5. The Morgan fingerprint density at radius 3 is 2.26 bits per heavy atom. The Balaban J connectivity index is 1.55. The number of thioether (sulfide) groups is 1. The fraction of sp³-hybridized carbons (Fsp3) is 0.240. The van der Waals surface area contributed by atoms with Gasteiger partial charge < -0.3 is 5.32 Å². The van der Waals surface area contributed by atoms with Crippen LogP contribution in [0.1, 0.15) is 24.9 Å². The zero-order valence-electron chi connectivity index (χ0n) is 18.7. The lowest BCUT2D eigenvalue weighted by Crippen LogP contribution is -2.45. The van der Waals surface area contributed by atoms with Crippen LogP contribution in [-0.2, 0) is 14.8 Å². The molecule has 5 nitrogen and oxygen atoms in total. The molecule has 0 unspecified atom stereocenters. The topological polar surface area (TPSA) is 66.5 Å². The van der Waals surface area contributed by atoms with Crippen LogP contribution >= 0.6 is 11.8 Å². The molecule has 1 N–H and O–H groups in total. The lowest BCUT2D eigenvalue weighted by Gasteiger charge is -2.25. The standard InChI is InChI=1S/C25H23F3N2O3S2/c1-2-22(23-20(27)8-5-9-21(23)28)29-24(31)25-30(14-15-34-25)35(32,33)17-12-10-16(11-13-17)18-6-3-4-7-19(18)26/h3-13,22,25H,2,14-15H2,1H3,(H,29,31)/t22-,25-/m0/s1. The molecule has 10 heteroatoms. The zero-order chi connectivity index (χ0) is 25.2. The summed E-state index contributed by atoms with van der Waals surface area (Å²) in [6, 6.07) is 14.4. The highest BCUT2D eigenvalue weighted by Crippen LogP contribution is 2.33. The molecule has 3 aromatic rings. The predicted molar refractivity (Wildman–Crippen MR) is 130 cm³/mol. The van der Waals surface area contributed by atoms with Crippen LogP contribution in [0.5, 0.6) is 0 Å². The molecule has 1 saturated heterocycles. The van der Waals surface area contributed by atoms with Crippen molar-refractivity contribution in [3.63, 3.8) is 0 Å². The fourth-order valence-electron chi connectivity index (χ4n) is 4.01. The van der Waals surface area contributed by atoms with E-state index in [0.29, 0.717) is 16.9 Å². The minimum atomic E-state index is -4.06. The monoisotopic (exact) mass is 520 g/mol. The van der Waals surface area contributed by atoms with E-state index in [-0.39, 0.29) is 23.4 Å². The van der Waals surface area contributed by atoms with Crippen LogP contribution in [0.2, 0.25) is 0 Å². The summed E-state index contributed by atoms with van der Waals surface area (Å²) in [5, 5.41) is 1.52. The van der Waals surface area contributed by atoms with E-state index in [2.05, 4.69) is 5.32 Å². The highest BCUT2D eigenvalue weighted by atomic mass is 32.2. The molecule has 1 heterocycles. The summed E-state index contributed by atoms with van der Waals surface area (Å²) in [4.78, 5) is 13.0. The Labute approximate surface area is 206 Å². The number of hydrogen-bond donors (Lipinski definition) is 1. The lowest BCUT2D eigenvalue weighted by atomic mass is 10.0. The first-order valence-electron chi connectivity index (χ1n) is 11.0. The largest absolute Gasteiger partial charge is 0.347 e. The van der Waals surface area contributed by atoms with Crippen LogP contribution in [0.3, 0.4) is 0 Å². The summed E-state index contributed by atoms with van der Waals surface area (Å²) in [6.45, 7) is 1.77. The van der Waals surface area contributed by atoms with Crippen molar-refractivity contribution in [1.82, 2.24) is 9.62 Å². The molecule has 1 fully saturated rings. The SMILES string of the molecule is CC[C@H](NC(=O)[C@@H]1SCCN1S(=O)(=O)c1ccc(-c2ccccc2F)cc1)c1c(F)cccc1F. The van der Waals surface area contributed by atoms with Crippen molar-refractivity contribution in [1.29, 1.82) is 0 Å². The molecule has 1 aliphatic heterocycles. The molecule has 1 amide bonds. The maximum atomic E-state index is 14.3. The highest BCUT2D eigenvalue weighted by molar-refractivity contribution is 8.02. The minimum absolute atomic E-state index is 0.0370. The van der Waals surface area contributed by atoms with Crippen LogP contribution in [0, 0.1) is 17.5 Å². The second kappa shape index (κ2) is 10.4. The van der Waals surface area contributed by atoms with Crippen molar-refractivity contribution < 1.29 is 26.4 Å². The molecule has 2 atom stereocenters. The summed E-state index contributed by atoms with van der Waals surface area (Å²) in [5.41, 5.74) is 0.603. The van der Waals surface area contributed by atoms with Gasteiger partial charge in [0.1, 0.15) is 22.8 Å². The van der Waals surface area contributed by atoms with Gasteiger partial charge in [-0.15, -0.1) is 11.8 Å². The van der Waals surface area contributed by atoms with Gasteiger partial charge in [0.05, 0.1) is 10.9 Å². The quantitative estimate of drug-likeness (QED) is 0.471. The summed E-state index contributed by atoms with van der Waals surface area (Å²) in [5.74, 6) is -2.25. The van der Waals surface area contributed by atoms with Crippen LogP contribution in [-0.4, -0.2) is 36.3 Å². The van der Waals surface area contributed by atoms with Crippen molar-refractivity contribution in [2.45, 2.75) is 29.7 Å². The molecule has 3 aromatic carbocycles. The summed E-state index contributed by atoms with van der Waals surface area (Å²) < 4.78 is 70.3. The normalized spacial score (nSPS) is 17.3. The van der Waals surface area contributed by atoms with E-state index in [4.69, 9.17) is 0 Å².